The molecule has 0 fully saturated rings. The van der Waals surface area contributed by atoms with Crippen LogP contribution in [-0.4, -0.2) is 12.6 Å². The lowest BCUT2D eigenvalue weighted by molar-refractivity contribution is -0.147. The third kappa shape index (κ3) is 6.23. The summed E-state index contributed by atoms with van der Waals surface area (Å²) in [5.41, 5.74) is 1.39. The summed E-state index contributed by atoms with van der Waals surface area (Å²) in [6.45, 7) is 15.5. The van der Waals surface area contributed by atoms with Crippen molar-refractivity contribution in [1.29, 1.82) is 0 Å². The molecule has 0 saturated heterocycles. The minimum absolute atomic E-state index is 0.0275. The van der Waals surface area contributed by atoms with E-state index in [1.165, 1.54) is 5.57 Å². The summed E-state index contributed by atoms with van der Waals surface area (Å²) >= 11 is 0. The second-order valence-corrected chi connectivity index (χ2v) is 6.29. The van der Waals surface area contributed by atoms with Gasteiger partial charge in [-0.05, 0) is 32.1 Å². The molecule has 0 aromatic rings. The normalized spacial score (nSPS) is 14.8. The van der Waals surface area contributed by atoms with Crippen LogP contribution >= 0.6 is 0 Å². The molecule has 0 spiro atoms. The lowest BCUT2D eigenvalue weighted by Crippen LogP contribution is -2.32. The quantitative estimate of drug-likeness (QED) is 0.490. The van der Waals surface area contributed by atoms with Crippen LogP contribution < -0.4 is 0 Å². The molecule has 2 nitrogen and oxygen atoms in total. The van der Waals surface area contributed by atoms with Gasteiger partial charge in [0.25, 0.3) is 0 Å². The zero-order chi connectivity index (χ0) is 14.3. The van der Waals surface area contributed by atoms with Crippen molar-refractivity contribution in [2.24, 2.45) is 17.3 Å². The van der Waals surface area contributed by atoms with Crippen molar-refractivity contribution in [2.45, 2.75) is 61.3 Å². The van der Waals surface area contributed by atoms with Crippen LogP contribution in [0, 0.1) is 17.3 Å². The second-order valence-electron chi connectivity index (χ2n) is 6.29. The maximum absolute atomic E-state index is 11.2. The van der Waals surface area contributed by atoms with Crippen LogP contribution in [0.15, 0.2) is 11.6 Å². The Bertz CT molecular complexity index is 285. The number of esters is 1. The highest BCUT2D eigenvalue weighted by Crippen LogP contribution is 2.34. The van der Waals surface area contributed by atoms with Crippen molar-refractivity contribution < 1.29 is 9.53 Å². The predicted molar refractivity (Wildman–Crippen MR) is 77.4 cm³/mol. The minimum Gasteiger partial charge on any atom is -0.465 e. The van der Waals surface area contributed by atoms with Gasteiger partial charge in [0, 0.05) is 11.8 Å². The fraction of sp³-hybridized carbons (Fsp3) is 0.812. The Balaban J connectivity index is 4.39. The van der Waals surface area contributed by atoms with Crippen LogP contribution in [0.5, 0.6) is 0 Å². The molecule has 0 amide bonds. The van der Waals surface area contributed by atoms with Crippen LogP contribution in [0.3, 0.4) is 0 Å². The van der Waals surface area contributed by atoms with E-state index in [9.17, 15) is 4.79 Å². The van der Waals surface area contributed by atoms with Crippen molar-refractivity contribution in [3.63, 3.8) is 0 Å². The average Bonchev–Trinajstić information content (AvgIpc) is 2.31. The Hall–Kier alpha value is -0.790. The highest BCUT2D eigenvalue weighted by Gasteiger charge is 2.30. The third-order valence-corrected chi connectivity index (χ3v) is 3.88. The Kier molecular flexibility index (Phi) is 7.27. The van der Waals surface area contributed by atoms with E-state index in [1.54, 1.807) is 0 Å². The Morgan fingerprint density at radius 2 is 1.83 bits per heavy atom. The topological polar surface area (TPSA) is 26.3 Å². The first kappa shape index (κ1) is 17.2. The van der Waals surface area contributed by atoms with Gasteiger partial charge < -0.3 is 4.74 Å². The van der Waals surface area contributed by atoms with E-state index in [-0.39, 0.29) is 11.4 Å². The summed E-state index contributed by atoms with van der Waals surface area (Å²) in [5, 5.41) is 0. The number of ether oxygens (including phenoxy) is 1. The molecule has 0 aromatic carbocycles. The average molecular weight is 254 g/mol. The standard InChI is InChI=1S/C16H30O2/c1-8-15(17)18-11-16(6,7)14(5)13(4)10-9-12(2)3/h9,13-14H,8,10-11H2,1-7H3/t13-,14+/m1/s1. The van der Waals surface area contributed by atoms with Gasteiger partial charge in [-0.15, -0.1) is 0 Å². The van der Waals surface area contributed by atoms with Crippen LogP contribution in [0.1, 0.15) is 61.3 Å². The van der Waals surface area contributed by atoms with Crippen LogP contribution in [0.25, 0.3) is 0 Å². The molecule has 0 N–H and O–H groups in total. The van der Waals surface area contributed by atoms with Crippen LogP contribution in [0.2, 0.25) is 0 Å². The summed E-state index contributed by atoms with van der Waals surface area (Å²) in [4.78, 5) is 11.2. The summed E-state index contributed by atoms with van der Waals surface area (Å²) in [6, 6.07) is 0. The molecule has 0 aliphatic carbocycles. The van der Waals surface area contributed by atoms with Crippen molar-refractivity contribution in [2.75, 3.05) is 6.61 Å². The molecule has 2 atom stereocenters. The molecule has 0 unspecified atom stereocenters. The Labute approximate surface area is 113 Å². The molecule has 0 aliphatic heterocycles. The molecular formula is C16H30O2. The highest BCUT2D eigenvalue weighted by molar-refractivity contribution is 5.68. The number of allylic oxidation sites excluding steroid dienone is 2. The third-order valence-electron chi connectivity index (χ3n) is 3.88. The summed E-state index contributed by atoms with van der Waals surface area (Å²) in [6.07, 6.45) is 3.84. The molecule has 0 heterocycles. The molecular weight excluding hydrogens is 224 g/mol. The number of carbonyl (C=O) groups excluding carboxylic acids is 1. The fourth-order valence-electron chi connectivity index (χ4n) is 1.90. The Morgan fingerprint density at radius 1 is 1.28 bits per heavy atom. The first-order valence-electron chi connectivity index (χ1n) is 6.99. The zero-order valence-electron chi connectivity index (χ0n) is 13.2. The lowest BCUT2D eigenvalue weighted by atomic mass is 9.73. The zero-order valence-corrected chi connectivity index (χ0v) is 13.2. The second kappa shape index (κ2) is 7.60. The predicted octanol–water partition coefficient (Wildman–Crippen LogP) is 4.59. The van der Waals surface area contributed by atoms with E-state index in [0.717, 1.165) is 6.42 Å². The molecule has 18 heavy (non-hydrogen) atoms. The van der Waals surface area contributed by atoms with Crippen molar-refractivity contribution >= 4 is 5.97 Å². The van der Waals surface area contributed by atoms with Crippen molar-refractivity contribution in [3.8, 4) is 0 Å². The van der Waals surface area contributed by atoms with Gasteiger partial charge in [-0.3, -0.25) is 4.79 Å². The lowest BCUT2D eigenvalue weighted by Gasteiger charge is -2.35. The molecule has 0 saturated carbocycles. The van der Waals surface area contributed by atoms with Gasteiger partial charge in [0.05, 0.1) is 6.61 Å². The largest absolute Gasteiger partial charge is 0.465 e. The van der Waals surface area contributed by atoms with Gasteiger partial charge in [-0.2, -0.15) is 0 Å². The van der Waals surface area contributed by atoms with Gasteiger partial charge in [0.1, 0.15) is 0 Å². The molecule has 0 radical (unpaired) electrons. The van der Waals surface area contributed by atoms with Gasteiger partial charge in [0.2, 0.25) is 0 Å². The molecule has 0 aromatic heterocycles. The molecule has 0 bridgehead atoms. The Morgan fingerprint density at radius 3 is 2.28 bits per heavy atom. The summed E-state index contributed by atoms with van der Waals surface area (Å²) < 4.78 is 5.30. The van der Waals surface area contributed by atoms with Crippen molar-refractivity contribution in [3.05, 3.63) is 11.6 Å². The van der Waals surface area contributed by atoms with E-state index in [2.05, 4.69) is 47.6 Å². The van der Waals surface area contributed by atoms with Gasteiger partial charge >= 0.3 is 5.97 Å². The smallest absolute Gasteiger partial charge is 0.305 e. The first-order chi connectivity index (χ1) is 8.20. The minimum atomic E-state index is -0.104. The maximum Gasteiger partial charge on any atom is 0.305 e. The summed E-state index contributed by atoms with van der Waals surface area (Å²) in [7, 11) is 0. The first-order valence-corrected chi connectivity index (χ1v) is 6.99. The molecule has 2 heteroatoms. The van der Waals surface area contributed by atoms with Gasteiger partial charge in [0.15, 0.2) is 0 Å². The maximum atomic E-state index is 11.2. The SMILES string of the molecule is CCC(=O)OCC(C)(C)[C@@H](C)[C@H](C)CC=C(C)C. The van der Waals surface area contributed by atoms with Crippen LogP contribution in [0.4, 0.5) is 0 Å². The van der Waals surface area contributed by atoms with Gasteiger partial charge in [-0.1, -0.05) is 46.3 Å². The van der Waals surface area contributed by atoms with Gasteiger partial charge in [-0.25, -0.2) is 0 Å². The van der Waals surface area contributed by atoms with E-state index in [0.29, 0.717) is 24.9 Å². The molecule has 106 valence electrons. The number of hydrogen-bond acceptors (Lipinski definition) is 2. The molecule has 0 aliphatic rings. The highest BCUT2D eigenvalue weighted by atomic mass is 16.5. The monoisotopic (exact) mass is 254 g/mol. The fourth-order valence-corrected chi connectivity index (χ4v) is 1.90. The van der Waals surface area contributed by atoms with E-state index < -0.39 is 0 Å². The number of carbonyl (C=O) groups is 1. The van der Waals surface area contributed by atoms with E-state index in [4.69, 9.17) is 4.74 Å². The molecule has 0 rings (SSSR count). The van der Waals surface area contributed by atoms with Crippen LogP contribution in [-0.2, 0) is 9.53 Å². The van der Waals surface area contributed by atoms with E-state index >= 15 is 0 Å². The summed E-state index contributed by atoms with van der Waals surface area (Å²) in [5.74, 6) is 1.00. The van der Waals surface area contributed by atoms with E-state index in [1.807, 2.05) is 6.92 Å². The number of hydrogen-bond donors (Lipinski definition) is 0. The number of rotatable bonds is 7. The van der Waals surface area contributed by atoms with Crippen molar-refractivity contribution in [1.82, 2.24) is 0 Å².